The second-order valence-corrected chi connectivity index (χ2v) is 25.9. The van der Waals surface area contributed by atoms with Crippen LogP contribution >= 0.6 is 0 Å². The maximum Gasteiger partial charge on any atom is 0.205 e. The predicted octanol–water partition coefficient (Wildman–Crippen LogP) is 3.98. The van der Waals surface area contributed by atoms with E-state index in [1.807, 2.05) is 6.21 Å². The average Bonchev–Trinajstić information content (AvgIpc) is 2.57. The summed E-state index contributed by atoms with van der Waals surface area (Å²) in [5.74, 6) is 0. The minimum Gasteiger partial charge on any atom is -0.457 e. The Labute approximate surface area is 187 Å². The molecule has 1 aromatic rings. The molecule has 0 aliphatic heterocycles. The lowest BCUT2D eigenvalue weighted by Crippen LogP contribution is -2.52. The molecule has 29 heavy (non-hydrogen) atoms. The van der Waals surface area contributed by atoms with E-state index in [4.69, 9.17) is 8.23 Å². The van der Waals surface area contributed by atoms with Gasteiger partial charge in [-0.3, -0.25) is 4.99 Å². The highest BCUT2D eigenvalue weighted by molar-refractivity contribution is 6.90. The Bertz CT molecular complexity index is 641. The molecule has 1 aromatic carbocycles. The van der Waals surface area contributed by atoms with Crippen molar-refractivity contribution >= 4 is 52.7 Å². The molecule has 7 heteroatoms. The summed E-state index contributed by atoms with van der Waals surface area (Å²) in [5.41, 5.74) is 1.20. The molecule has 1 rings (SSSR count). The van der Waals surface area contributed by atoms with Crippen LogP contribution in [0.2, 0.25) is 36.3 Å². The first-order chi connectivity index (χ1) is 13.1. The van der Waals surface area contributed by atoms with Gasteiger partial charge >= 0.3 is 0 Å². The zero-order valence-corrected chi connectivity index (χ0v) is 25.7. The maximum absolute atomic E-state index is 6.66. The molecule has 166 valence electrons. The van der Waals surface area contributed by atoms with Gasteiger partial charge in [0, 0.05) is 12.8 Å². The van der Waals surface area contributed by atoms with Crippen LogP contribution in [0.3, 0.4) is 0 Å². The first kappa shape index (κ1) is 26.7. The van der Waals surface area contributed by atoms with Gasteiger partial charge in [0.05, 0.1) is 0 Å². The molecule has 0 aromatic heterocycles. The van der Waals surface area contributed by atoms with Crippen molar-refractivity contribution in [1.82, 2.24) is 0 Å². The maximum atomic E-state index is 6.66. The molecule has 0 fully saturated rings. The third-order valence-electron chi connectivity index (χ3n) is 4.67. The summed E-state index contributed by atoms with van der Waals surface area (Å²) in [6, 6.07) is 7.04. The first-order valence-electron chi connectivity index (χ1n) is 11.0. The number of benzene rings is 1. The molecule has 0 saturated heterocycles. The van der Waals surface area contributed by atoms with Crippen molar-refractivity contribution < 1.29 is 8.23 Å². The van der Waals surface area contributed by atoms with Crippen LogP contribution in [-0.2, 0) is 8.23 Å². The van der Waals surface area contributed by atoms with E-state index in [1.165, 1.54) is 15.9 Å². The standard InChI is InChI=1S/C22H45NO2Si4/c1-12-13-23-17-18-14-19(28(8,9)24-26-21(2,3)4)16-20(15-18)29(10,11)25-27-22(5,6)7/h14-17H,12-13,26-27H2,1-11H3. The minimum absolute atomic E-state index is 0.308. The van der Waals surface area contributed by atoms with Crippen LogP contribution in [0.25, 0.3) is 0 Å². The van der Waals surface area contributed by atoms with Crippen LogP contribution in [0, 0.1) is 0 Å². The van der Waals surface area contributed by atoms with Gasteiger partial charge in [0.15, 0.2) is 19.5 Å². The number of hydrogen-bond acceptors (Lipinski definition) is 3. The molecule has 0 N–H and O–H groups in total. The lowest BCUT2D eigenvalue weighted by molar-refractivity contribution is 0.549. The van der Waals surface area contributed by atoms with E-state index in [0.717, 1.165) is 13.0 Å². The quantitative estimate of drug-likeness (QED) is 0.406. The van der Waals surface area contributed by atoms with Crippen molar-refractivity contribution in [2.24, 2.45) is 4.99 Å². The molecular weight excluding hydrogens is 423 g/mol. The van der Waals surface area contributed by atoms with Crippen LogP contribution in [0.15, 0.2) is 23.2 Å². The molecule has 0 amide bonds. The van der Waals surface area contributed by atoms with Gasteiger partial charge in [-0.05, 0) is 58.6 Å². The average molecular weight is 468 g/mol. The van der Waals surface area contributed by atoms with Gasteiger partial charge in [0.1, 0.15) is 0 Å². The number of nitrogens with zero attached hydrogens (tertiary/aromatic N) is 1. The molecule has 0 atom stereocenters. The SMILES string of the molecule is CCCN=Cc1cc([Si](C)(C)O[SiH2]C(C)(C)C)cc([Si](C)(C)O[SiH2]C(C)(C)C)c1. The van der Waals surface area contributed by atoms with Gasteiger partial charge < -0.3 is 8.23 Å². The third kappa shape index (κ3) is 10.0. The smallest absolute Gasteiger partial charge is 0.205 e. The Hall–Kier alpha value is -0.322. The van der Waals surface area contributed by atoms with Crippen LogP contribution in [-0.4, -0.2) is 48.9 Å². The monoisotopic (exact) mass is 467 g/mol. The topological polar surface area (TPSA) is 30.8 Å². The first-order valence-corrected chi connectivity index (χ1v) is 19.4. The highest BCUT2D eigenvalue weighted by atomic mass is 28.4. The third-order valence-corrected chi connectivity index (χ3v) is 16.7. The van der Waals surface area contributed by atoms with Gasteiger partial charge in [-0.25, -0.2) is 0 Å². The van der Waals surface area contributed by atoms with Crippen LogP contribution < -0.4 is 10.4 Å². The fourth-order valence-corrected chi connectivity index (χ4v) is 12.5. The summed E-state index contributed by atoms with van der Waals surface area (Å²) >= 11 is 0. The summed E-state index contributed by atoms with van der Waals surface area (Å²) < 4.78 is 13.3. The normalized spacial score (nSPS) is 14.9. The molecule has 0 aliphatic rings. The Morgan fingerprint density at radius 2 is 1.24 bits per heavy atom. The zero-order valence-electron chi connectivity index (χ0n) is 20.9. The van der Waals surface area contributed by atoms with E-state index >= 15 is 0 Å². The number of hydrogen-bond donors (Lipinski definition) is 0. The van der Waals surface area contributed by atoms with Crippen LogP contribution in [0.5, 0.6) is 0 Å². The van der Waals surface area contributed by atoms with E-state index in [-0.39, 0.29) is 0 Å². The Morgan fingerprint density at radius 1 is 0.828 bits per heavy atom. The van der Waals surface area contributed by atoms with Gasteiger partial charge in [0.25, 0.3) is 0 Å². The van der Waals surface area contributed by atoms with Gasteiger partial charge in [0.2, 0.25) is 16.6 Å². The molecule has 3 nitrogen and oxygen atoms in total. The van der Waals surface area contributed by atoms with Crippen molar-refractivity contribution in [2.75, 3.05) is 6.54 Å². The van der Waals surface area contributed by atoms with Crippen LogP contribution in [0.4, 0.5) is 0 Å². The highest BCUT2D eigenvalue weighted by Gasteiger charge is 2.32. The largest absolute Gasteiger partial charge is 0.457 e. The van der Waals surface area contributed by atoms with Crippen LogP contribution in [0.1, 0.15) is 60.5 Å². The summed E-state index contributed by atoms with van der Waals surface area (Å²) in [6.45, 7) is 26.2. The second kappa shape index (κ2) is 10.3. The summed E-state index contributed by atoms with van der Waals surface area (Å²) in [7, 11) is -5.10. The molecule has 0 unspecified atom stereocenters. The summed E-state index contributed by atoms with van der Waals surface area (Å²) in [6.07, 6.45) is 3.12. The number of aliphatic imine (C=N–C) groups is 1. The van der Waals surface area contributed by atoms with Crippen molar-refractivity contribution in [2.45, 2.75) is 91.2 Å². The van der Waals surface area contributed by atoms with Gasteiger partial charge in [-0.2, -0.15) is 0 Å². The Balaban J connectivity index is 3.31. The lowest BCUT2D eigenvalue weighted by atomic mass is 10.2. The molecule has 0 saturated carbocycles. The highest BCUT2D eigenvalue weighted by Crippen LogP contribution is 2.23. The molecule has 0 aliphatic carbocycles. The predicted molar refractivity (Wildman–Crippen MR) is 142 cm³/mol. The fourth-order valence-electron chi connectivity index (χ4n) is 2.68. The number of rotatable bonds is 9. The van der Waals surface area contributed by atoms with Crippen molar-refractivity contribution in [3.63, 3.8) is 0 Å². The summed E-state index contributed by atoms with van der Waals surface area (Å²) in [4.78, 5) is 4.62. The van der Waals surface area contributed by atoms with Gasteiger partial charge in [-0.15, -0.1) is 0 Å². The minimum atomic E-state index is -1.96. The molecule has 0 bridgehead atoms. The molecular formula is C22H45NO2Si4. The van der Waals surface area contributed by atoms with Gasteiger partial charge in [-0.1, -0.05) is 66.7 Å². The van der Waals surface area contributed by atoms with Crippen molar-refractivity contribution in [3.05, 3.63) is 23.8 Å². The van der Waals surface area contributed by atoms with E-state index in [0.29, 0.717) is 10.1 Å². The fraction of sp³-hybridized carbons (Fsp3) is 0.682. The molecule has 0 radical (unpaired) electrons. The summed E-state index contributed by atoms with van der Waals surface area (Å²) in [5, 5.41) is 3.38. The molecule has 0 spiro atoms. The second-order valence-electron chi connectivity index (χ2n) is 11.6. The van der Waals surface area contributed by atoms with Crippen molar-refractivity contribution in [3.8, 4) is 0 Å². The Kier molecular flexibility index (Phi) is 9.51. The van der Waals surface area contributed by atoms with E-state index in [1.54, 1.807) is 0 Å². The van der Waals surface area contributed by atoms with E-state index in [9.17, 15) is 0 Å². The zero-order chi connectivity index (χ0) is 22.5. The van der Waals surface area contributed by atoms with E-state index in [2.05, 4.69) is 97.8 Å². The molecule has 0 heterocycles. The van der Waals surface area contributed by atoms with Crippen molar-refractivity contribution in [1.29, 1.82) is 0 Å². The van der Waals surface area contributed by atoms with E-state index < -0.39 is 36.2 Å². The lowest BCUT2D eigenvalue weighted by Gasteiger charge is -2.32. The Morgan fingerprint density at radius 3 is 1.59 bits per heavy atom.